The number of hydrogen-bond acceptors (Lipinski definition) is 5. The zero-order chi connectivity index (χ0) is 15.1. The summed E-state index contributed by atoms with van der Waals surface area (Å²) in [6.45, 7) is 2.11. The van der Waals surface area contributed by atoms with Gasteiger partial charge in [-0.15, -0.1) is 0 Å². The molecule has 0 saturated heterocycles. The highest BCUT2D eigenvalue weighted by atomic mass is 16.6. The predicted octanol–water partition coefficient (Wildman–Crippen LogP) is 2.52. The van der Waals surface area contributed by atoms with E-state index >= 15 is 0 Å². The van der Waals surface area contributed by atoms with E-state index in [0.29, 0.717) is 30.8 Å². The fourth-order valence-electron chi connectivity index (χ4n) is 1.69. The standard InChI is InChI=1S/C13H18N2O5/c1-9(13(16)17)4-3-7-14-11-6-5-10(20-2)8-12(11)15(18)19/h5-6,8-9,14H,3-4,7H2,1-2H3,(H,16,17). The Morgan fingerprint density at radius 1 is 1.55 bits per heavy atom. The number of rotatable bonds is 8. The van der Waals surface area contributed by atoms with Crippen molar-refractivity contribution in [2.45, 2.75) is 19.8 Å². The van der Waals surface area contributed by atoms with E-state index in [9.17, 15) is 14.9 Å². The van der Waals surface area contributed by atoms with Crippen LogP contribution in [0.4, 0.5) is 11.4 Å². The van der Waals surface area contributed by atoms with Crippen molar-refractivity contribution in [2.24, 2.45) is 5.92 Å². The van der Waals surface area contributed by atoms with E-state index in [0.717, 1.165) is 0 Å². The Hall–Kier alpha value is -2.31. The summed E-state index contributed by atoms with van der Waals surface area (Å²) in [7, 11) is 1.44. The molecule has 1 aromatic carbocycles. The van der Waals surface area contributed by atoms with Crippen LogP contribution in [-0.2, 0) is 4.79 Å². The normalized spacial score (nSPS) is 11.7. The van der Waals surface area contributed by atoms with Crippen molar-refractivity contribution in [1.29, 1.82) is 0 Å². The fraction of sp³-hybridized carbons (Fsp3) is 0.462. The number of carbonyl (C=O) groups is 1. The first-order valence-electron chi connectivity index (χ1n) is 6.24. The zero-order valence-electron chi connectivity index (χ0n) is 11.5. The van der Waals surface area contributed by atoms with Crippen molar-refractivity contribution >= 4 is 17.3 Å². The van der Waals surface area contributed by atoms with Gasteiger partial charge in [0.15, 0.2) is 0 Å². The lowest BCUT2D eigenvalue weighted by Gasteiger charge is -2.09. The number of hydrogen-bond donors (Lipinski definition) is 2. The van der Waals surface area contributed by atoms with Crippen molar-refractivity contribution in [2.75, 3.05) is 19.0 Å². The quantitative estimate of drug-likeness (QED) is 0.431. The summed E-state index contributed by atoms with van der Waals surface area (Å²) in [5.41, 5.74) is 0.342. The summed E-state index contributed by atoms with van der Waals surface area (Å²) in [6, 6.07) is 4.56. The molecule has 0 aliphatic heterocycles. The van der Waals surface area contributed by atoms with E-state index in [4.69, 9.17) is 9.84 Å². The summed E-state index contributed by atoms with van der Waals surface area (Å²) in [4.78, 5) is 21.1. The molecule has 1 aromatic rings. The first-order valence-corrected chi connectivity index (χ1v) is 6.24. The summed E-state index contributed by atoms with van der Waals surface area (Å²) >= 11 is 0. The molecule has 0 aliphatic rings. The van der Waals surface area contributed by atoms with Crippen LogP contribution < -0.4 is 10.1 Å². The Morgan fingerprint density at radius 3 is 2.80 bits per heavy atom. The summed E-state index contributed by atoms with van der Waals surface area (Å²) in [6.07, 6.45) is 1.14. The minimum atomic E-state index is -0.833. The van der Waals surface area contributed by atoms with Gasteiger partial charge in [0.2, 0.25) is 0 Å². The Kier molecular flexibility index (Phi) is 5.76. The number of nitro groups is 1. The number of nitro benzene ring substituents is 1. The highest BCUT2D eigenvalue weighted by Gasteiger charge is 2.15. The smallest absolute Gasteiger partial charge is 0.306 e. The number of anilines is 1. The van der Waals surface area contributed by atoms with Crippen molar-refractivity contribution in [3.63, 3.8) is 0 Å². The maximum Gasteiger partial charge on any atom is 0.306 e. The average Bonchev–Trinajstić information content (AvgIpc) is 2.42. The molecule has 0 bridgehead atoms. The van der Waals surface area contributed by atoms with E-state index in [-0.39, 0.29) is 5.69 Å². The van der Waals surface area contributed by atoms with E-state index in [1.807, 2.05) is 0 Å². The lowest BCUT2D eigenvalue weighted by atomic mass is 10.1. The van der Waals surface area contributed by atoms with Crippen molar-refractivity contribution in [1.82, 2.24) is 0 Å². The van der Waals surface area contributed by atoms with Crippen LogP contribution in [0.25, 0.3) is 0 Å². The number of nitrogens with zero attached hydrogens (tertiary/aromatic N) is 1. The Labute approximate surface area is 116 Å². The van der Waals surface area contributed by atoms with Gasteiger partial charge in [0, 0.05) is 6.54 Å². The van der Waals surface area contributed by atoms with Crippen LogP contribution in [-0.4, -0.2) is 29.7 Å². The van der Waals surface area contributed by atoms with Crippen LogP contribution in [0, 0.1) is 16.0 Å². The molecule has 0 aromatic heterocycles. The van der Waals surface area contributed by atoms with Gasteiger partial charge in [-0.3, -0.25) is 14.9 Å². The van der Waals surface area contributed by atoms with Crippen LogP contribution in [0.3, 0.4) is 0 Å². The van der Waals surface area contributed by atoms with E-state index < -0.39 is 16.8 Å². The number of aliphatic carboxylic acids is 1. The maximum atomic E-state index is 11.0. The van der Waals surface area contributed by atoms with Crippen LogP contribution >= 0.6 is 0 Å². The van der Waals surface area contributed by atoms with Gasteiger partial charge in [0.1, 0.15) is 11.4 Å². The molecule has 20 heavy (non-hydrogen) atoms. The molecule has 0 radical (unpaired) electrons. The average molecular weight is 282 g/mol. The first-order chi connectivity index (χ1) is 9.45. The predicted molar refractivity (Wildman–Crippen MR) is 74.2 cm³/mol. The van der Waals surface area contributed by atoms with E-state index in [1.165, 1.54) is 13.2 Å². The summed E-state index contributed by atoms with van der Waals surface area (Å²) in [5.74, 6) is -0.829. The molecule has 0 spiro atoms. The Balaban J connectivity index is 2.59. The second-order valence-corrected chi connectivity index (χ2v) is 4.45. The second-order valence-electron chi connectivity index (χ2n) is 4.45. The minimum Gasteiger partial charge on any atom is -0.496 e. The molecule has 0 heterocycles. The zero-order valence-corrected chi connectivity index (χ0v) is 11.5. The molecule has 1 atom stereocenters. The Bertz CT molecular complexity index is 490. The molecular weight excluding hydrogens is 264 g/mol. The fourth-order valence-corrected chi connectivity index (χ4v) is 1.69. The molecule has 0 saturated carbocycles. The molecule has 7 nitrogen and oxygen atoms in total. The molecule has 7 heteroatoms. The van der Waals surface area contributed by atoms with Gasteiger partial charge < -0.3 is 15.2 Å². The maximum absolute atomic E-state index is 11.0. The first kappa shape index (κ1) is 15.7. The molecule has 110 valence electrons. The summed E-state index contributed by atoms with van der Waals surface area (Å²) in [5, 5.41) is 22.7. The van der Waals surface area contributed by atoms with Gasteiger partial charge in [-0.05, 0) is 25.0 Å². The SMILES string of the molecule is COc1ccc(NCCCC(C)C(=O)O)c([N+](=O)[O-])c1. The van der Waals surface area contributed by atoms with Crippen molar-refractivity contribution in [3.05, 3.63) is 28.3 Å². The number of nitrogens with one attached hydrogen (secondary N) is 1. The molecule has 1 rings (SSSR count). The van der Waals surface area contributed by atoms with Gasteiger partial charge in [0.25, 0.3) is 5.69 Å². The van der Waals surface area contributed by atoms with Gasteiger partial charge in [-0.25, -0.2) is 0 Å². The van der Waals surface area contributed by atoms with Crippen LogP contribution in [0.15, 0.2) is 18.2 Å². The number of benzene rings is 1. The number of ether oxygens (including phenoxy) is 1. The lowest BCUT2D eigenvalue weighted by Crippen LogP contribution is -2.12. The monoisotopic (exact) mass is 282 g/mol. The van der Waals surface area contributed by atoms with Gasteiger partial charge in [-0.1, -0.05) is 6.92 Å². The second kappa shape index (κ2) is 7.32. The molecule has 2 N–H and O–H groups in total. The third-order valence-corrected chi connectivity index (χ3v) is 2.95. The lowest BCUT2D eigenvalue weighted by molar-refractivity contribution is -0.384. The highest BCUT2D eigenvalue weighted by Crippen LogP contribution is 2.28. The van der Waals surface area contributed by atoms with E-state index in [1.54, 1.807) is 19.1 Å². The summed E-state index contributed by atoms with van der Waals surface area (Å²) < 4.78 is 4.95. The van der Waals surface area contributed by atoms with Crippen LogP contribution in [0.5, 0.6) is 5.75 Å². The third kappa shape index (κ3) is 4.42. The molecule has 0 aliphatic carbocycles. The van der Waals surface area contributed by atoms with Gasteiger partial charge in [-0.2, -0.15) is 0 Å². The number of carboxylic acids is 1. The van der Waals surface area contributed by atoms with Gasteiger partial charge >= 0.3 is 5.97 Å². The van der Waals surface area contributed by atoms with Crippen LogP contribution in [0.2, 0.25) is 0 Å². The largest absolute Gasteiger partial charge is 0.496 e. The highest BCUT2D eigenvalue weighted by molar-refractivity contribution is 5.69. The number of carboxylic acid groups (broad SMARTS) is 1. The minimum absolute atomic E-state index is 0.0596. The van der Waals surface area contributed by atoms with Crippen molar-refractivity contribution in [3.8, 4) is 5.75 Å². The van der Waals surface area contributed by atoms with E-state index in [2.05, 4.69) is 5.32 Å². The van der Waals surface area contributed by atoms with Gasteiger partial charge in [0.05, 0.1) is 24.0 Å². The topological polar surface area (TPSA) is 102 Å². The van der Waals surface area contributed by atoms with Crippen molar-refractivity contribution < 1.29 is 19.6 Å². The molecule has 0 amide bonds. The third-order valence-electron chi connectivity index (χ3n) is 2.95. The van der Waals surface area contributed by atoms with Crippen LogP contribution in [0.1, 0.15) is 19.8 Å². The molecular formula is C13H18N2O5. The molecule has 1 unspecified atom stereocenters. The Morgan fingerprint density at radius 2 is 2.25 bits per heavy atom. The molecule has 0 fully saturated rings. The number of methoxy groups -OCH3 is 1.